The Kier molecular flexibility index (Phi) is 3.64. The van der Waals surface area contributed by atoms with Crippen LogP contribution in [0.5, 0.6) is 0 Å². The van der Waals surface area contributed by atoms with E-state index >= 15 is 0 Å². The Labute approximate surface area is 111 Å². The summed E-state index contributed by atoms with van der Waals surface area (Å²) in [6, 6.07) is 7.20. The second kappa shape index (κ2) is 5.02. The van der Waals surface area contributed by atoms with Gasteiger partial charge in [-0.3, -0.25) is 4.79 Å². The highest BCUT2D eigenvalue weighted by molar-refractivity contribution is 9.10. The summed E-state index contributed by atoms with van der Waals surface area (Å²) in [5, 5.41) is 0.443. The predicted molar refractivity (Wildman–Crippen MR) is 68.9 cm³/mol. The minimum Gasteiger partial charge on any atom is -0.310 e. The van der Waals surface area contributed by atoms with Gasteiger partial charge in [0.25, 0.3) is 5.56 Å². The molecule has 0 unspecified atom stereocenters. The first-order chi connectivity index (χ1) is 8.06. The quantitative estimate of drug-likeness (QED) is 0.832. The number of pyridine rings is 1. The van der Waals surface area contributed by atoms with E-state index in [2.05, 4.69) is 15.9 Å². The van der Waals surface area contributed by atoms with E-state index in [-0.39, 0.29) is 17.9 Å². The third-order valence-corrected chi connectivity index (χ3v) is 3.13. The third-order valence-electron chi connectivity index (χ3n) is 2.30. The van der Waals surface area contributed by atoms with Gasteiger partial charge in [0.05, 0.1) is 6.54 Å². The molecule has 5 heteroatoms. The van der Waals surface area contributed by atoms with Gasteiger partial charge in [-0.2, -0.15) is 0 Å². The molecule has 1 aromatic carbocycles. The van der Waals surface area contributed by atoms with Crippen LogP contribution in [-0.4, -0.2) is 4.57 Å². The maximum atomic E-state index is 13.1. The van der Waals surface area contributed by atoms with Crippen LogP contribution < -0.4 is 5.56 Å². The topological polar surface area (TPSA) is 22.0 Å². The Balaban J connectivity index is 2.41. The van der Waals surface area contributed by atoms with E-state index in [0.29, 0.717) is 10.6 Å². The van der Waals surface area contributed by atoms with Crippen LogP contribution in [0, 0.1) is 5.82 Å². The SMILES string of the molecule is O=c1ccc(Br)cn1Cc1cc(F)ccc1Cl. The molecule has 0 aliphatic rings. The van der Waals surface area contributed by atoms with Crippen LogP contribution in [0.25, 0.3) is 0 Å². The maximum absolute atomic E-state index is 13.1. The molecule has 0 atom stereocenters. The minimum atomic E-state index is -0.368. The molecule has 0 radical (unpaired) electrons. The van der Waals surface area contributed by atoms with Gasteiger partial charge in [0.1, 0.15) is 5.82 Å². The van der Waals surface area contributed by atoms with Crippen molar-refractivity contribution in [3.63, 3.8) is 0 Å². The molecule has 0 saturated carbocycles. The number of hydrogen-bond acceptors (Lipinski definition) is 1. The highest BCUT2D eigenvalue weighted by Gasteiger charge is 2.04. The molecule has 0 spiro atoms. The fraction of sp³-hybridized carbons (Fsp3) is 0.0833. The molecule has 2 rings (SSSR count). The van der Waals surface area contributed by atoms with Gasteiger partial charge < -0.3 is 4.57 Å². The molecule has 1 heterocycles. The zero-order chi connectivity index (χ0) is 12.4. The standard InChI is InChI=1S/C12H8BrClFNO/c13-9-1-4-12(17)16(7-9)6-8-5-10(15)2-3-11(8)14/h1-5,7H,6H2. The maximum Gasteiger partial charge on any atom is 0.250 e. The van der Waals surface area contributed by atoms with Gasteiger partial charge in [-0.25, -0.2) is 4.39 Å². The van der Waals surface area contributed by atoms with Crippen LogP contribution in [0.3, 0.4) is 0 Å². The van der Waals surface area contributed by atoms with E-state index in [9.17, 15) is 9.18 Å². The summed E-state index contributed by atoms with van der Waals surface area (Å²) in [4.78, 5) is 11.6. The third kappa shape index (κ3) is 2.96. The molecule has 88 valence electrons. The second-order valence-electron chi connectivity index (χ2n) is 3.55. The Morgan fingerprint density at radius 3 is 2.82 bits per heavy atom. The van der Waals surface area contributed by atoms with Crippen molar-refractivity contribution >= 4 is 27.5 Å². The summed E-state index contributed by atoms with van der Waals surface area (Å²) in [6.45, 7) is 0.245. The van der Waals surface area contributed by atoms with Crippen molar-refractivity contribution < 1.29 is 4.39 Å². The summed E-state index contributed by atoms with van der Waals surface area (Å²) in [6.07, 6.45) is 1.64. The lowest BCUT2D eigenvalue weighted by Gasteiger charge is -2.08. The van der Waals surface area contributed by atoms with Crippen molar-refractivity contribution in [3.05, 3.63) is 67.8 Å². The van der Waals surface area contributed by atoms with Crippen molar-refractivity contribution in [2.45, 2.75) is 6.54 Å². The van der Waals surface area contributed by atoms with Gasteiger partial charge >= 0.3 is 0 Å². The molecule has 2 nitrogen and oxygen atoms in total. The van der Waals surface area contributed by atoms with Crippen molar-refractivity contribution in [1.29, 1.82) is 0 Å². The number of aromatic nitrogens is 1. The summed E-state index contributed by atoms with van der Waals surface area (Å²) in [7, 11) is 0. The molecule has 0 amide bonds. The molecule has 0 aliphatic heterocycles. The fourth-order valence-corrected chi connectivity index (χ4v) is 2.03. The molecule has 0 bridgehead atoms. The first-order valence-electron chi connectivity index (χ1n) is 4.86. The molecular weight excluding hydrogens is 308 g/mol. The van der Waals surface area contributed by atoms with Crippen LogP contribution in [0.4, 0.5) is 4.39 Å². The van der Waals surface area contributed by atoms with Crippen LogP contribution in [0.1, 0.15) is 5.56 Å². The van der Waals surface area contributed by atoms with Crippen LogP contribution in [0.15, 0.2) is 45.8 Å². The lowest BCUT2D eigenvalue weighted by molar-refractivity contribution is 0.622. The van der Waals surface area contributed by atoms with E-state index in [1.54, 1.807) is 12.3 Å². The van der Waals surface area contributed by atoms with E-state index in [1.807, 2.05) is 0 Å². The average molecular weight is 317 g/mol. The number of benzene rings is 1. The van der Waals surface area contributed by atoms with Crippen molar-refractivity contribution in [3.8, 4) is 0 Å². The zero-order valence-corrected chi connectivity index (χ0v) is 11.0. The molecule has 2 aromatic rings. The Morgan fingerprint density at radius 1 is 1.29 bits per heavy atom. The lowest BCUT2D eigenvalue weighted by Crippen LogP contribution is -2.19. The van der Waals surface area contributed by atoms with Crippen LogP contribution in [-0.2, 0) is 6.54 Å². The molecule has 0 N–H and O–H groups in total. The lowest BCUT2D eigenvalue weighted by atomic mass is 10.2. The number of halogens is 3. The summed E-state index contributed by atoms with van der Waals surface area (Å²) in [5.41, 5.74) is 0.417. The first-order valence-corrected chi connectivity index (χ1v) is 6.03. The van der Waals surface area contributed by atoms with Crippen molar-refractivity contribution in [2.24, 2.45) is 0 Å². The summed E-state index contributed by atoms with van der Waals surface area (Å²) >= 11 is 9.22. The van der Waals surface area contributed by atoms with Crippen LogP contribution >= 0.6 is 27.5 Å². The van der Waals surface area contributed by atoms with Crippen molar-refractivity contribution in [1.82, 2.24) is 4.57 Å². The fourth-order valence-electron chi connectivity index (χ4n) is 1.47. The largest absolute Gasteiger partial charge is 0.310 e. The molecular formula is C12H8BrClFNO. The van der Waals surface area contributed by atoms with E-state index in [1.165, 1.54) is 28.8 Å². The van der Waals surface area contributed by atoms with Gasteiger partial charge in [-0.1, -0.05) is 11.6 Å². The van der Waals surface area contributed by atoms with Gasteiger partial charge in [-0.05, 0) is 45.8 Å². The Morgan fingerprint density at radius 2 is 2.06 bits per heavy atom. The predicted octanol–water partition coefficient (Wildman–Crippen LogP) is 3.45. The minimum absolute atomic E-state index is 0.159. The highest BCUT2D eigenvalue weighted by Crippen LogP contribution is 2.18. The van der Waals surface area contributed by atoms with E-state index in [4.69, 9.17) is 11.6 Å². The molecule has 1 aromatic heterocycles. The number of hydrogen-bond donors (Lipinski definition) is 0. The Bertz CT molecular complexity index is 612. The monoisotopic (exact) mass is 315 g/mol. The van der Waals surface area contributed by atoms with Gasteiger partial charge in [0.2, 0.25) is 0 Å². The second-order valence-corrected chi connectivity index (χ2v) is 4.87. The van der Waals surface area contributed by atoms with Crippen molar-refractivity contribution in [2.75, 3.05) is 0 Å². The van der Waals surface area contributed by atoms with Gasteiger partial charge in [-0.15, -0.1) is 0 Å². The molecule has 17 heavy (non-hydrogen) atoms. The number of rotatable bonds is 2. The summed E-state index contributed by atoms with van der Waals surface area (Å²) < 4.78 is 15.3. The first kappa shape index (κ1) is 12.3. The van der Waals surface area contributed by atoms with Gasteiger partial charge in [0.15, 0.2) is 0 Å². The Hall–Kier alpha value is -1.13. The van der Waals surface area contributed by atoms with Gasteiger partial charge in [0, 0.05) is 21.8 Å². The average Bonchev–Trinajstić information content (AvgIpc) is 2.28. The summed E-state index contributed by atoms with van der Waals surface area (Å²) in [5.74, 6) is -0.368. The van der Waals surface area contributed by atoms with E-state index in [0.717, 1.165) is 4.47 Å². The molecule has 0 saturated heterocycles. The normalized spacial score (nSPS) is 10.5. The molecule has 0 fully saturated rings. The highest BCUT2D eigenvalue weighted by atomic mass is 79.9. The zero-order valence-electron chi connectivity index (χ0n) is 8.66. The smallest absolute Gasteiger partial charge is 0.250 e. The number of nitrogens with zero attached hydrogens (tertiary/aromatic N) is 1. The van der Waals surface area contributed by atoms with E-state index < -0.39 is 0 Å². The molecule has 0 aliphatic carbocycles. The van der Waals surface area contributed by atoms with Crippen LogP contribution in [0.2, 0.25) is 5.02 Å².